The molecule has 0 saturated carbocycles. The topological polar surface area (TPSA) is 73.0 Å². The van der Waals surface area contributed by atoms with Crippen LogP contribution in [0.15, 0.2) is 48.5 Å². The molecule has 0 aromatic heterocycles. The minimum absolute atomic E-state index is 0.0767. The average Bonchev–Trinajstić information content (AvgIpc) is 2.88. The van der Waals surface area contributed by atoms with Crippen molar-refractivity contribution in [2.45, 2.75) is 45.8 Å². The molecule has 2 heterocycles. The second-order valence-corrected chi connectivity index (χ2v) is 11.9. The molecule has 2 fully saturated rings. The number of nitrogens with zero attached hydrogens (tertiary/aromatic N) is 3. The standard InChI is InChI=1S/C27H38N4O3S/c1-2-35(33,34)31-16-14-30(15-17-31)22-25-10-7-11-26(19-25)27(32)28-20-23-8-6-9-24(18-23)21-29-12-4-3-5-13-29/h6-11,18-19H,2-5,12-17,20-22H2,1H3,(H,28,32). The van der Waals surface area contributed by atoms with Crippen molar-refractivity contribution >= 4 is 15.9 Å². The highest BCUT2D eigenvalue weighted by atomic mass is 32.2. The van der Waals surface area contributed by atoms with Crippen LogP contribution in [-0.4, -0.2) is 73.5 Å². The Morgan fingerprint density at radius 3 is 2.09 bits per heavy atom. The Morgan fingerprint density at radius 2 is 1.40 bits per heavy atom. The van der Waals surface area contributed by atoms with E-state index in [2.05, 4.69) is 39.4 Å². The maximum Gasteiger partial charge on any atom is 0.251 e. The molecular weight excluding hydrogens is 460 g/mol. The first-order chi connectivity index (χ1) is 16.9. The van der Waals surface area contributed by atoms with Crippen LogP contribution in [0, 0.1) is 0 Å². The number of piperidine rings is 1. The van der Waals surface area contributed by atoms with Crippen molar-refractivity contribution in [3.8, 4) is 0 Å². The molecule has 8 heteroatoms. The molecule has 0 radical (unpaired) electrons. The monoisotopic (exact) mass is 498 g/mol. The van der Waals surface area contributed by atoms with Crippen LogP contribution in [0.4, 0.5) is 0 Å². The average molecular weight is 499 g/mol. The fraction of sp³-hybridized carbons (Fsp3) is 0.519. The zero-order valence-corrected chi connectivity index (χ0v) is 21.6. The van der Waals surface area contributed by atoms with Crippen LogP contribution < -0.4 is 5.32 Å². The fourth-order valence-electron chi connectivity index (χ4n) is 4.92. The van der Waals surface area contributed by atoms with Gasteiger partial charge in [-0.25, -0.2) is 8.42 Å². The van der Waals surface area contributed by atoms with Crippen LogP contribution in [0.2, 0.25) is 0 Å². The molecule has 1 N–H and O–H groups in total. The summed E-state index contributed by atoms with van der Waals surface area (Å²) in [6.45, 7) is 8.65. The second kappa shape index (κ2) is 12.1. The molecule has 0 atom stereocenters. The van der Waals surface area contributed by atoms with Gasteiger partial charge in [0.25, 0.3) is 5.91 Å². The van der Waals surface area contributed by atoms with Gasteiger partial charge in [0.2, 0.25) is 10.0 Å². The number of piperazine rings is 1. The SMILES string of the molecule is CCS(=O)(=O)N1CCN(Cc2cccc(C(=O)NCc3cccc(CN4CCCCC4)c3)c2)CC1. The quantitative estimate of drug-likeness (QED) is 0.575. The van der Waals surface area contributed by atoms with Crippen LogP contribution in [-0.2, 0) is 29.7 Å². The molecule has 2 saturated heterocycles. The smallest absolute Gasteiger partial charge is 0.251 e. The van der Waals surface area contributed by atoms with E-state index in [4.69, 9.17) is 0 Å². The van der Waals surface area contributed by atoms with Crippen LogP contribution in [0.5, 0.6) is 0 Å². The minimum atomic E-state index is -3.12. The zero-order valence-electron chi connectivity index (χ0n) is 20.8. The molecule has 0 bridgehead atoms. The van der Waals surface area contributed by atoms with Crippen molar-refractivity contribution in [1.29, 1.82) is 0 Å². The number of nitrogens with one attached hydrogen (secondary N) is 1. The molecule has 2 aromatic carbocycles. The number of benzene rings is 2. The van der Waals surface area contributed by atoms with Crippen molar-refractivity contribution in [2.75, 3.05) is 45.0 Å². The number of amides is 1. The van der Waals surface area contributed by atoms with Gasteiger partial charge in [-0.3, -0.25) is 14.6 Å². The van der Waals surface area contributed by atoms with Crippen molar-refractivity contribution in [3.05, 3.63) is 70.8 Å². The molecule has 0 unspecified atom stereocenters. The Kier molecular flexibility index (Phi) is 8.94. The molecule has 2 aliphatic rings. The molecule has 0 aliphatic carbocycles. The van der Waals surface area contributed by atoms with Crippen molar-refractivity contribution in [2.24, 2.45) is 0 Å². The molecule has 0 spiro atoms. The van der Waals surface area contributed by atoms with Gasteiger partial charge in [0.1, 0.15) is 0 Å². The van der Waals surface area contributed by atoms with Crippen molar-refractivity contribution < 1.29 is 13.2 Å². The van der Waals surface area contributed by atoms with E-state index in [9.17, 15) is 13.2 Å². The number of hydrogen-bond acceptors (Lipinski definition) is 5. The molecule has 2 aliphatic heterocycles. The molecule has 2 aromatic rings. The Morgan fingerprint density at radius 1 is 0.800 bits per heavy atom. The van der Waals surface area contributed by atoms with Crippen LogP contribution >= 0.6 is 0 Å². The maximum absolute atomic E-state index is 12.8. The third kappa shape index (κ3) is 7.36. The van der Waals surface area contributed by atoms with Gasteiger partial charge >= 0.3 is 0 Å². The van der Waals surface area contributed by atoms with Gasteiger partial charge in [-0.15, -0.1) is 0 Å². The van der Waals surface area contributed by atoms with Gasteiger partial charge in [0.15, 0.2) is 0 Å². The summed E-state index contributed by atoms with van der Waals surface area (Å²) < 4.78 is 25.7. The van der Waals surface area contributed by atoms with Gasteiger partial charge < -0.3 is 5.32 Å². The lowest BCUT2D eigenvalue weighted by Crippen LogP contribution is -2.48. The maximum atomic E-state index is 12.8. The number of sulfonamides is 1. The number of rotatable bonds is 9. The highest BCUT2D eigenvalue weighted by molar-refractivity contribution is 7.89. The normalized spacial score (nSPS) is 18.4. The molecule has 190 valence electrons. The molecular formula is C27H38N4O3S. The summed E-state index contributed by atoms with van der Waals surface area (Å²) in [5.74, 6) is 0.0690. The van der Waals surface area contributed by atoms with E-state index in [0.29, 0.717) is 44.8 Å². The Balaban J connectivity index is 1.28. The summed E-state index contributed by atoms with van der Waals surface area (Å²) >= 11 is 0. The first-order valence-corrected chi connectivity index (χ1v) is 14.4. The van der Waals surface area contributed by atoms with E-state index in [0.717, 1.165) is 17.7 Å². The van der Waals surface area contributed by atoms with Crippen LogP contribution in [0.1, 0.15) is 53.2 Å². The predicted molar refractivity (Wildman–Crippen MR) is 139 cm³/mol. The first-order valence-electron chi connectivity index (χ1n) is 12.8. The van der Waals surface area contributed by atoms with E-state index in [1.165, 1.54) is 37.9 Å². The second-order valence-electron chi connectivity index (χ2n) is 9.62. The van der Waals surface area contributed by atoms with Crippen molar-refractivity contribution in [1.82, 2.24) is 19.4 Å². The highest BCUT2D eigenvalue weighted by Crippen LogP contribution is 2.15. The van der Waals surface area contributed by atoms with Crippen LogP contribution in [0.25, 0.3) is 0 Å². The lowest BCUT2D eigenvalue weighted by Gasteiger charge is -2.33. The van der Waals surface area contributed by atoms with Gasteiger partial charge in [-0.1, -0.05) is 42.8 Å². The fourth-order valence-corrected chi connectivity index (χ4v) is 6.00. The molecule has 35 heavy (non-hydrogen) atoms. The number of carbonyl (C=O) groups excluding carboxylic acids is 1. The van der Waals surface area contributed by atoms with Gasteiger partial charge in [-0.2, -0.15) is 4.31 Å². The summed E-state index contributed by atoms with van der Waals surface area (Å²) in [7, 11) is -3.12. The van der Waals surface area contributed by atoms with E-state index >= 15 is 0 Å². The predicted octanol–water partition coefficient (Wildman–Crippen LogP) is 3.07. The first kappa shape index (κ1) is 25.8. The van der Waals surface area contributed by atoms with Crippen LogP contribution in [0.3, 0.4) is 0 Å². The van der Waals surface area contributed by atoms with Gasteiger partial charge in [-0.05, 0) is 61.7 Å². The molecule has 4 rings (SSSR count). The summed E-state index contributed by atoms with van der Waals surface area (Å²) in [5.41, 5.74) is 4.13. The lowest BCUT2D eigenvalue weighted by molar-refractivity contribution is 0.0950. The third-order valence-electron chi connectivity index (χ3n) is 6.98. The Hall–Kier alpha value is -2.26. The van der Waals surface area contributed by atoms with E-state index in [-0.39, 0.29) is 11.7 Å². The van der Waals surface area contributed by atoms with E-state index in [1.807, 2.05) is 24.3 Å². The van der Waals surface area contributed by atoms with E-state index < -0.39 is 10.0 Å². The third-order valence-corrected chi connectivity index (χ3v) is 8.87. The van der Waals surface area contributed by atoms with E-state index in [1.54, 1.807) is 11.2 Å². The summed E-state index contributed by atoms with van der Waals surface area (Å²) in [5, 5.41) is 3.07. The number of carbonyl (C=O) groups is 1. The minimum Gasteiger partial charge on any atom is -0.348 e. The molecule has 1 amide bonds. The van der Waals surface area contributed by atoms with Gasteiger partial charge in [0.05, 0.1) is 5.75 Å². The molecule has 7 nitrogen and oxygen atoms in total. The Labute approximate surface area is 210 Å². The Bertz CT molecular complexity index is 1090. The summed E-state index contributed by atoms with van der Waals surface area (Å²) in [6, 6.07) is 16.2. The summed E-state index contributed by atoms with van der Waals surface area (Å²) in [6.07, 6.45) is 3.90. The zero-order chi connectivity index (χ0) is 24.7. The number of likely N-dealkylation sites (tertiary alicyclic amines) is 1. The van der Waals surface area contributed by atoms with Crippen molar-refractivity contribution in [3.63, 3.8) is 0 Å². The lowest BCUT2D eigenvalue weighted by atomic mass is 10.1. The number of hydrogen-bond donors (Lipinski definition) is 1. The highest BCUT2D eigenvalue weighted by Gasteiger charge is 2.25. The van der Waals surface area contributed by atoms with Gasteiger partial charge in [0, 0.05) is 51.4 Å². The summed E-state index contributed by atoms with van der Waals surface area (Å²) in [4.78, 5) is 17.6. The largest absolute Gasteiger partial charge is 0.348 e.